The summed E-state index contributed by atoms with van der Waals surface area (Å²) in [4.78, 5) is 6.81. The summed E-state index contributed by atoms with van der Waals surface area (Å²) >= 11 is 0. The SMILES string of the molecule is COc1cc(CN2CCNCC2)ccc1Oc1ncc2ccc(-c3ccccc3OC)n2n1. The second-order valence-corrected chi connectivity index (χ2v) is 7.91. The molecule has 2 aromatic carbocycles. The first-order valence-electron chi connectivity index (χ1n) is 11.0. The van der Waals surface area contributed by atoms with Gasteiger partial charge in [0.1, 0.15) is 5.75 Å². The highest BCUT2D eigenvalue weighted by Crippen LogP contribution is 2.33. The third-order valence-corrected chi connectivity index (χ3v) is 5.81. The fourth-order valence-corrected chi connectivity index (χ4v) is 4.11. The first kappa shape index (κ1) is 21.2. The number of fused-ring (bicyclic) bond motifs is 1. The van der Waals surface area contributed by atoms with Gasteiger partial charge in [-0.15, -0.1) is 5.10 Å². The molecule has 8 nitrogen and oxygen atoms in total. The summed E-state index contributed by atoms with van der Waals surface area (Å²) in [6.45, 7) is 5.01. The quantitative estimate of drug-likeness (QED) is 0.466. The van der Waals surface area contributed by atoms with Crippen LogP contribution in [0.3, 0.4) is 0 Å². The van der Waals surface area contributed by atoms with E-state index >= 15 is 0 Å². The van der Waals surface area contributed by atoms with Crippen LogP contribution in [0, 0.1) is 0 Å². The molecule has 5 rings (SSSR count). The fourth-order valence-electron chi connectivity index (χ4n) is 4.11. The molecule has 0 aliphatic carbocycles. The smallest absolute Gasteiger partial charge is 0.339 e. The van der Waals surface area contributed by atoms with Crippen molar-refractivity contribution < 1.29 is 14.2 Å². The average molecular weight is 446 g/mol. The van der Waals surface area contributed by atoms with Crippen molar-refractivity contribution in [3.63, 3.8) is 0 Å². The van der Waals surface area contributed by atoms with E-state index in [0.717, 1.165) is 55.2 Å². The maximum absolute atomic E-state index is 6.05. The van der Waals surface area contributed by atoms with E-state index in [-0.39, 0.29) is 6.01 Å². The van der Waals surface area contributed by atoms with Crippen molar-refractivity contribution in [3.05, 3.63) is 66.4 Å². The molecule has 1 N–H and O–H groups in total. The van der Waals surface area contributed by atoms with Crippen molar-refractivity contribution in [2.45, 2.75) is 6.54 Å². The third-order valence-electron chi connectivity index (χ3n) is 5.81. The summed E-state index contributed by atoms with van der Waals surface area (Å²) in [6.07, 6.45) is 1.74. The predicted molar refractivity (Wildman–Crippen MR) is 126 cm³/mol. The van der Waals surface area contributed by atoms with E-state index in [4.69, 9.17) is 14.2 Å². The number of hydrogen-bond acceptors (Lipinski definition) is 7. The zero-order valence-electron chi connectivity index (χ0n) is 18.8. The number of nitrogens with one attached hydrogen (secondary N) is 1. The highest BCUT2D eigenvalue weighted by molar-refractivity contribution is 5.71. The number of benzene rings is 2. The zero-order valence-corrected chi connectivity index (χ0v) is 18.8. The van der Waals surface area contributed by atoms with Gasteiger partial charge in [0.15, 0.2) is 11.5 Å². The molecular weight excluding hydrogens is 418 g/mol. The molecule has 0 bridgehead atoms. The van der Waals surface area contributed by atoms with Crippen LogP contribution in [-0.2, 0) is 6.54 Å². The summed E-state index contributed by atoms with van der Waals surface area (Å²) in [5.41, 5.74) is 3.88. The van der Waals surface area contributed by atoms with Crippen LogP contribution >= 0.6 is 0 Å². The monoisotopic (exact) mass is 445 g/mol. The van der Waals surface area contributed by atoms with Gasteiger partial charge in [0.2, 0.25) is 0 Å². The van der Waals surface area contributed by atoms with Crippen LogP contribution in [0.5, 0.6) is 23.3 Å². The Morgan fingerprint density at radius 1 is 0.909 bits per heavy atom. The molecular formula is C25H27N5O3. The van der Waals surface area contributed by atoms with Gasteiger partial charge in [-0.2, -0.15) is 4.98 Å². The van der Waals surface area contributed by atoms with Crippen LogP contribution < -0.4 is 19.5 Å². The Morgan fingerprint density at radius 3 is 2.55 bits per heavy atom. The Morgan fingerprint density at radius 2 is 1.73 bits per heavy atom. The van der Waals surface area contributed by atoms with Crippen molar-refractivity contribution in [2.75, 3.05) is 40.4 Å². The summed E-state index contributed by atoms with van der Waals surface area (Å²) in [5, 5.41) is 8.01. The molecule has 0 spiro atoms. The molecule has 1 fully saturated rings. The van der Waals surface area contributed by atoms with Crippen LogP contribution in [0.2, 0.25) is 0 Å². The van der Waals surface area contributed by atoms with E-state index < -0.39 is 0 Å². The van der Waals surface area contributed by atoms with E-state index in [1.807, 2.05) is 53.0 Å². The van der Waals surface area contributed by atoms with Crippen LogP contribution in [0.1, 0.15) is 5.56 Å². The molecule has 0 amide bonds. The van der Waals surface area contributed by atoms with Crippen molar-refractivity contribution in [1.82, 2.24) is 24.8 Å². The van der Waals surface area contributed by atoms with Crippen molar-refractivity contribution in [1.29, 1.82) is 0 Å². The second kappa shape index (κ2) is 9.48. The van der Waals surface area contributed by atoms with E-state index in [1.165, 1.54) is 5.56 Å². The van der Waals surface area contributed by atoms with Crippen LogP contribution in [-0.4, -0.2) is 59.9 Å². The minimum Gasteiger partial charge on any atom is -0.496 e. The zero-order chi connectivity index (χ0) is 22.6. The molecule has 3 heterocycles. The molecule has 0 radical (unpaired) electrons. The molecule has 0 unspecified atom stereocenters. The van der Waals surface area contributed by atoms with Gasteiger partial charge in [0.05, 0.1) is 31.6 Å². The van der Waals surface area contributed by atoms with Crippen LogP contribution in [0.4, 0.5) is 0 Å². The number of piperazine rings is 1. The van der Waals surface area contributed by atoms with Gasteiger partial charge in [-0.05, 0) is 42.0 Å². The van der Waals surface area contributed by atoms with Crippen LogP contribution in [0.15, 0.2) is 60.8 Å². The van der Waals surface area contributed by atoms with Gasteiger partial charge in [-0.25, -0.2) is 4.52 Å². The summed E-state index contributed by atoms with van der Waals surface area (Å²) in [7, 11) is 3.31. The lowest BCUT2D eigenvalue weighted by Gasteiger charge is -2.27. The number of nitrogens with zero attached hydrogens (tertiary/aromatic N) is 4. The Balaban J connectivity index is 1.42. The maximum atomic E-state index is 6.05. The number of aromatic nitrogens is 3. The van der Waals surface area contributed by atoms with Gasteiger partial charge < -0.3 is 19.5 Å². The van der Waals surface area contributed by atoms with Gasteiger partial charge >= 0.3 is 6.01 Å². The molecule has 0 saturated carbocycles. The number of rotatable bonds is 7. The topological polar surface area (TPSA) is 73.2 Å². The third kappa shape index (κ3) is 4.48. The standard InChI is InChI=1S/C25H27N5O3/c1-31-22-6-4-3-5-20(22)21-9-8-19-16-27-25(28-30(19)21)33-23-10-7-18(15-24(23)32-2)17-29-13-11-26-12-14-29/h3-10,15-16,26H,11-14,17H2,1-2H3. The summed E-state index contributed by atoms with van der Waals surface area (Å²) in [6, 6.07) is 18.1. The van der Waals surface area contributed by atoms with Crippen LogP contribution in [0.25, 0.3) is 16.8 Å². The predicted octanol–water partition coefficient (Wildman–Crippen LogP) is 3.61. The first-order chi connectivity index (χ1) is 16.2. The highest BCUT2D eigenvalue weighted by atomic mass is 16.5. The number of para-hydroxylation sites is 1. The van der Waals surface area contributed by atoms with E-state index in [2.05, 4.69) is 26.4 Å². The maximum Gasteiger partial charge on any atom is 0.339 e. The van der Waals surface area contributed by atoms with Crippen molar-refractivity contribution >= 4 is 5.52 Å². The number of ether oxygens (including phenoxy) is 3. The Labute approximate surface area is 192 Å². The van der Waals surface area contributed by atoms with E-state index in [0.29, 0.717) is 11.5 Å². The van der Waals surface area contributed by atoms with Crippen molar-refractivity contribution in [2.24, 2.45) is 0 Å². The van der Waals surface area contributed by atoms with Gasteiger partial charge in [-0.3, -0.25) is 4.90 Å². The van der Waals surface area contributed by atoms with Gasteiger partial charge in [-0.1, -0.05) is 18.2 Å². The first-order valence-corrected chi connectivity index (χ1v) is 11.0. The number of methoxy groups -OCH3 is 2. The minimum absolute atomic E-state index is 0.239. The lowest BCUT2D eigenvalue weighted by atomic mass is 10.1. The molecule has 4 aromatic rings. The second-order valence-electron chi connectivity index (χ2n) is 7.91. The normalized spacial score (nSPS) is 14.4. The number of hydrogen-bond donors (Lipinski definition) is 1. The molecule has 1 saturated heterocycles. The molecule has 1 aliphatic heterocycles. The van der Waals surface area contributed by atoms with E-state index in [9.17, 15) is 0 Å². The van der Waals surface area contributed by atoms with E-state index in [1.54, 1.807) is 20.4 Å². The summed E-state index contributed by atoms with van der Waals surface area (Å²) < 4.78 is 19.0. The highest BCUT2D eigenvalue weighted by Gasteiger charge is 2.15. The molecule has 1 aliphatic rings. The summed E-state index contributed by atoms with van der Waals surface area (Å²) in [5.74, 6) is 2.01. The van der Waals surface area contributed by atoms with Gasteiger partial charge in [0.25, 0.3) is 0 Å². The molecule has 8 heteroatoms. The lowest BCUT2D eigenvalue weighted by molar-refractivity contribution is 0.233. The van der Waals surface area contributed by atoms with Crippen molar-refractivity contribution in [3.8, 4) is 34.5 Å². The Bertz CT molecular complexity index is 1250. The largest absolute Gasteiger partial charge is 0.496 e. The Kier molecular flexibility index (Phi) is 6.10. The molecule has 0 atom stereocenters. The molecule has 170 valence electrons. The Hall–Kier alpha value is -3.62. The minimum atomic E-state index is 0.239. The van der Waals surface area contributed by atoms with Gasteiger partial charge in [0, 0.05) is 38.3 Å². The lowest BCUT2D eigenvalue weighted by Crippen LogP contribution is -2.42. The fraction of sp³-hybridized carbons (Fsp3) is 0.280. The molecule has 2 aromatic heterocycles. The average Bonchev–Trinajstić information content (AvgIpc) is 3.28. The molecule has 33 heavy (non-hydrogen) atoms.